The van der Waals surface area contributed by atoms with Crippen LogP contribution in [0, 0.1) is 6.92 Å². The van der Waals surface area contributed by atoms with Gasteiger partial charge in [-0.25, -0.2) is 0 Å². The van der Waals surface area contributed by atoms with Crippen molar-refractivity contribution in [1.82, 2.24) is 0 Å². The van der Waals surface area contributed by atoms with E-state index >= 15 is 0 Å². The molecule has 1 unspecified atom stereocenters. The number of amides is 1. The molecule has 0 saturated carbocycles. The Kier molecular flexibility index (Phi) is 5.47. The highest BCUT2D eigenvalue weighted by Crippen LogP contribution is 2.42. The lowest BCUT2D eigenvalue weighted by molar-refractivity contribution is -0.132. The minimum Gasteiger partial charge on any atom is -0.507 e. The molecule has 3 aromatic rings. The van der Waals surface area contributed by atoms with E-state index in [0.717, 1.165) is 11.1 Å². The van der Waals surface area contributed by atoms with Gasteiger partial charge in [-0.2, -0.15) is 0 Å². The van der Waals surface area contributed by atoms with Crippen LogP contribution in [0.5, 0.6) is 0 Å². The summed E-state index contributed by atoms with van der Waals surface area (Å²) >= 11 is 0. The summed E-state index contributed by atoms with van der Waals surface area (Å²) in [6.45, 7) is 6.18. The monoisotopic (exact) mass is 411 g/mol. The molecular formula is C27H25NO3. The van der Waals surface area contributed by atoms with E-state index < -0.39 is 17.7 Å². The molecule has 0 aliphatic carbocycles. The first-order valence-corrected chi connectivity index (χ1v) is 10.4. The summed E-state index contributed by atoms with van der Waals surface area (Å²) in [7, 11) is 0. The Morgan fingerprint density at radius 1 is 0.871 bits per heavy atom. The summed E-state index contributed by atoms with van der Waals surface area (Å²) in [5.41, 5.74) is 4.23. The first kappa shape index (κ1) is 20.6. The number of nitrogens with zero attached hydrogens (tertiary/aromatic N) is 1. The molecule has 1 amide bonds. The molecule has 31 heavy (non-hydrogen) atoms. The Morgan fingerprint density at radius 2 is 1.48 bits per heavy atom. The molecule has 1 aliphatic heterocycles. The van der Waals surface area contributed by atoms with Crippen LogP contribution in [-0.4, -0.2) is 16.8 Å². The molecule has 1 saturated heterocycles. The van der Waals surface area contributed by atoms with E-state index in [9.17, 15) is 14.7 Å². The van der Waals surface area contributed by atoms with E-state index in [1.165, 1.54) is 10.5 Å². The molecule has 4 heteroatoms. The van der Waals surface area contributed by atoms with Gasteiger partial charge < -0.3 is 5.11 Å². The standard InChI is InChI=1S/C27H25NO3/c1-17(2)19-13-15-20(16-14-19)24-23(25(29)21-11-9-18(3)10-12-21)26(30)27(31)28(24)22-7-5-4-6-8-22/h4-17,24,29H,1-3H3. The number of carbonyl (C=O) groups is 2. The van der Waals surface area contributed by atoms with Gasteiger partial charge in [-0.3, -0.25) is 14.5 Å². The number of benzene rings is 3. The van der Waals surface area contributed by atoms with Gasteiger partial charge in [0, 0.05) is 11.3 Å². The minimum atomic E-state index is -0.704. The maximum absolute atomic E-state index is 13.1. The van der Waals surface area contributed by atoms with Gasteiger partial charge in [0.05, 0.1) is 11.6 Å². The normalized spacial score (nSPS) is 18.1. The van der Waals surface area contributed by atoms with Crippen molar-refractivity contribution >= 4 is 23.1 Å². The smallest absolute Gasteiger partial charge is 0.300 e. The van der Waals surface area contributed by atoms with E-state index in [0.29, 0.717) is 17.2 Å². The fraction of sp³-hybridized carbons (Fsp3) is 0.185. The van der Waals surface area contributed by atoms with Crippen LogP contribution in [0.15, 0.2) is 84.4 Å². The topological polar surface area (TPSA) is 57.6 Å². The van der Waals surface area contributed by atoms with Crippen molar-refractivity contribution in [3.63, 3.8) is 0 Å². The molecule has 3 aromatic carbocycles. The number of aliphatic hydroxyl groups excluding tert-OH is 1. The largest absolute Gasteiger partial charge is 0.507 e. The number of hydrogen-bond donors (Lipinski definition) is 1. The zero-order valence-electron chi connectivity index (χ0n) is 17.9. The van der Waals surface area contributed by atoms with Gasteiger partial charge >= 0.3 is 0 Å². The SMILES string of the molecule is Cc1ccc(C(O)=C2C(=O)C(=O)N(c3ccccc3)C2c2ccc(C(C)C)cc2)cc1. The number of Topliss-reactive ketones (excluding diaryl/α,β-unsaturated/α-hetero) is 1. The third-order valence-corrected chi connectivity index (χ3v) is 5.72. The van der Waals surface area contributed by atoms with Crippen LogP contribution in [0.2, 0.25) is 0 Å². The van der Waals surface area contributed by atoms with Gasteiger partial charge in [0.1, 0.15) is 5.76 Å². The van der Waals surface area contributed by atoms with Crippen molar-refractivity contribution in [2.75, 3.05) is 4.90 Å². The van der Waals surface area contributed by atoms with Gasteiger partial charge in [0.2, 0.25) is 0 Å². The highest BCUT2D eigenvalue weighted by atomic mass is 16.3. The Balaban J connectivity index is 1.91. The number of para-hydroxylation sites is 1. The van der Waals surface area contributed by atoms with Gasteiger partial charge in [-0.1, -0.05) is 86.1 Å². The maximum Gasteiger partial charge on any atom is 0.300 e. The van der Waals surface area contributed by atoms with Crippen molar-refractivity contribution in [3.8, 4) is 0 Å². The molecule has 1 N–H and O–H groups in total. The molecule has 156 valence electrons. The van der Waals surface area contributed by atoms with Crippen LogP contribution in [0.3, 0.4) is 0 Å². The van der Waals surface area contributed by atoms with Crippen LogP contribution in [-0.2, 0) is 9.59 Å². The van der Waals surface area contributed by atoms with E-state index in [1.54, 1.807) is 24.3 Å². The lowest BCUT2D eigenvalue weighted by atomic mass is 9.93. The Labute approximate surface area is 182 Å². The molecule has 1 atom stereocenters. The van der Waals surface area contributed by atoms with Gasteiger partial charge in [-0.15, -0.1) is 0 Å². The van der Waals surface area contributed by atoms with E-state index in [2.05, 4.69) is 13.8 Å². The summed E-state index contributed by atoms with van der Waals surface area (Å²) in [6.07, 6.45) is 0. The van der Waals surface area contributed by atoms with E-state index in [-0.39, 0.29) is 11.3 Å². The fourth-order valence-electron chi connectivity index (χ4n) is 3.93. The number of ketones is 1. The van der Waals surface area contributed by atoms with Crippen LogP contribution in [0.25, 0.3) is 5.76 Å². The molecule has 0 aromatic heterocycles. The van der Waals surface area contributed by atoms with Gasteiger partial charge in [-0.05, 0) is 36.1 Å². The summed E-state index contributed by atoms with van der Waals surface area (Å²) < 4.78 is 0. The molecule has 4 rings (SSSR count). The number of hydrogen-bond acceptors (Lipinski definition) is 3. The van der Waals surface area contributed by atoms with Crippen LogP contribution < -0.4 is 4.90 Å². The first-order chi connectivity index (χ1) is 14.9. The fourth-order valence-corrected chi connectivity index (χ4v) is 3.93. The van der Waals surface area contributed by atoms with Crippen LogP contribution >= 0.6 is 0 Å². The lowest BCUT2D eigenvalue weighted by Crippen LogP contribution is -2.29. The second kappa shape index (κ2) is 8.23. The summed E-state index contributed by atoms with van der Waals surface area (Å²) in [6, 6.07) is 23.6. The number of aryl methyl sites for hydroxylation is 1. The molecule has 0 radical (unpaired) electrons. The number of aliphatic hydroxyl groups is 1. The Morgan fingerprint density at radius 3 is 2.06 bits per heavy atom. The average Bonchev–Trinajstić information content (AvgIpc) is 3.05. The molecule has 1 aliphatic rings. The van der Waals surface area contributed by atoms with Gasteiger partial charge in [0.15, 0.2) is 0 Å². The van der Waals surface area contributed by atoms with Gasteiger partial charge in [0.25, 0.3) is 11.7 Å². The Bertz CT molecular complexity index is 1140. The molecule has 0 spiro atoms. The lowest BCUT2D eigenvalue weighted by Gasteiger charge is -2.25. The zero-order valence-corrected chi connectivity index (χ0v) is 17.9. The molecule has 0 bridgehead atoms. The molecule has 1 fully saturated rings. The average molecular weight is 412 g/mol. The summed E-state index contributed by atoms with van der Waals surface area (Å²) in [5, 5.41) is 11.1. The number of anilines is 1. The van der Waals surface area contributed by atoms with Crippen LogP contribution in [0.1, 0.15) is 48.1 Å². The number of rotatable bonds is 4. The minimum absolute atomic E-state index is 0.106. The summed E-state index contributed by atoms with van der Waals surface area (Å²) in [4.78, 5) is 27.7. The van der Waals surface area contributed by atoms with E-state index in [4.69, 9.17) is 0 Å². The van der Waals surface area contributed by atoms with Crippen molar-refractivity contribution < 1.29 is 14.7 Å². The van der Waals surface area contributed by atoms with Crippen molar-refractivity contribution in [3.05, 3.63) is 107 Å². The zero-order chi connectivity index (χ0) is 22.1. The second-order valence-corrected chi connectivity index (χ2v) is 8.19. The summed E-state index contributed by atoms with van der Waals surface area (Å²) in [5.74, 6) is -1.12. The predicted octanol–water partition coefficient (Wildman–Crippen LogP) is 5.74. The highest BCUT2D eigenvalue weighted by molar-refractivity contribution is 6.51. The van der Waals surface area contributed by atoms with Crippen molar-refractivity contribution in [1.29, 1.82) is 0 Å². The van der Waals surface area contributed by atoms with Crippen molar-refractivity contribution in [2.24, 2.45) is 0 Å². The first-order valence-electron chi connectivity index (χ1n) is 10.4. The van der Waals surface area contributed by atoms with E-state index in [1.807, 2.05) is 61.5 Å². The van der Waals surface area contributed by atoms with Crippen LogP contribution in [0.4, 0.5) is 5.69 Å². The highest BCUT2D eigenvalue weighted by Gasteiger charge is 2.46. The predicted molar refractivity (Wildman–Crippen MR) is 123 cm³/mol. The maximum atomic E-state index is 13.1. The third kappa shape index (κ3) is 3.77. The Hall–Kier alpha value is -3.66. The third-order valence-electron chi connectivity index (χ3n) is 5.72. The number of carbonyl (C=O) groups excluding carboxylic acids is 2. The molecule has 1 heterocycles. The molecular weight excluding hydrogens is 386 g/mol. The second-order valence-electron chi connectivity index (χ2n) is 8.19. The quantitative estimate of drug-likeness (QED) is 0.338. The van der Waals surface area contributed by atoms with Crippen molar-refractivity contribution in [2.45, 2.75) is 32.7 Å². The molecule has 4 nitrogen and oxygen atoms in total.